The zero-order chi connectivity index (χ0) is 28.3. The second-order valence-corrected chi connectivity index (χ2v) is 9.92. The van der Waals surface area contributed by atoms with Gasteiger partial charge in [0.25, 0.3) is 0 Å². The monoisotopic (exact) mass is 532 g/mol. The minimum Gasteiger partial charge on any atom is -0.441 e. The van der Waals surface area contributed by atoms with Crippen LogP contribution in [0.25, 0.3) is 0 Å². The number of rotatable bonds is 9. The summed E-state index contributed by atoms with van der Waals surface area (Å²) >= 11 is 0. The molecule has 1 aliphatic carbocycles. The van der Waals surface area contributed by atoms with E-state index in [2.05, 4.69) is 54.3 Å². The quantitative estimate of drug-likeness (QED) is 0.172. The van der Waals surface area contributed by atoms with E-state index in [4.69, 9.17) is 9.47 Å². The Morgan fingerprint density at radius 2 is 1.57 bits per heavy atom. The Kier molecular flexibility index (Phi) is 7.70. The van der Waals surface area contributed by atoms with Crippen LogP contribution in [0.15, 0.2) is 85.3 Å². The van der Waals surface area contributed by atoms with Crippen LogP contribution in [0.5, 0.6) is 5.75 Å². The van der Waals surface area contributed by atoms with Gasteiger partial charge in [0, 0.05) is 55.4 Å². The second kappa shape index (κ2) is 11.4. The molecule has 0 aromatic heterocycles. The summed E-state index contributed by atoms with van der Waals surface area (Å²) in [5, 5.41) is 6.85. The van der Waals surface area contributed by atoms with Crippen molar-refractivity contribution in [1.29, 1.82) is 0 Å². The highest BCUT2D eigenvalue weighted by molar-refractivity contribution is 5.97. The topological polar surface area (TPSA) is 76.7 Å². The Morgan fingerprint density at radius 1 is 0.950 bits per heavy atom. The van der Waals surface area contributed by atoms with E-state index < -0.39 is 11.6 Å². The van der Waals surface area contributed by atoms with Gasteiger partial charge in [-0.05, 0) is 59.9 Å². The zero-order valence-electron chi connectivity index (χ0n) is 22.9. The predicted molar refractivity (Wildman–Crippen MR) is 154 cm³/mol. The van der Waals surface area contributed by atoms with Crippen molar-refractivity contribution in [3.05, 3.63) is 135 Å². The average Bonchev–Trinajstić information content (AvgIpc) is 3.23. The van der Waals surface area contributed by atoms with Crippen LogP contribution in [-0.4, -0.2) is 25.0 Å². The highest BCUT2D eigenvalue weighted by Crippen LogP contribution is 2.54. The van der Waals surface area contributed by atoms with Gasteiger partial charge in [-0.2, -0.15) is 0 Å². The number of hydrogen-bond acceptors (Lipinski definition) is 6. The summed E-state index contributed by atoms with van der Waals surface area (Å²) in [6.07, 6.45) is 4.24. The first-order valence-electron chi connectivity index (χ1n) is 13.3. The van der Waals surface area contributed by atoms with Gasteiger partial charge in [0.05, 0.1) is 5.56 Å². The Hall–Kier alpha value is -4.44. The fourth-order valence-corrected chi connectivity index (χ4v) is 5.86. The predicted octanol–water partition coefficient (Wildman–Crippen LogP) is 5.15. The van der Waals surface area contributed by atoms with Gasteiger partial charge < -0.3 is 20.1 Å². The van der Waals surface area contributed by atoms with Crippen molar-refractivity contribution in [2.75, 3.05) is 13.1 Å². The lowest BCUT2D eigenvalue weighted by atomic mass is 9.68. The van der Waals surface area contributed by atoms with Crippen LogP contribution >= 0.6 is 0 Å². The SMILES string of the molecule is C=C=CCNCc1c(C)ccc2c1Cc1c(ccc(OC(C)=O)c1CNCC=C=C)C21OC(=O)c2ccccc21. The van der Waals surface area contributed by atoms with E-state index in [9.17, 15) is 9.59 Å². The van der Waals surface area contributed by atoms with Gasteiger partial charge in [-0.3, -0.25) is 4.79 Å². The van der Waals surface area contributed by atoms with Crippen molar-refractivity contribution in [1.82, 2.24) is 10.6 Å². The number of ether oxygens (including phenoxy) is 2. The van der Waals surface area contributed by atoms with Crippen molar-refractivity contribution in [2.45, 2.75) is 39.0 Å². The van der Waals surface area contributed by atoms with Crippen LogP contribution < -0.4 is 15.4 Å². The number of fused-ring (bicyclic) bond motifs is 6. The average molecular weight is 533 g/mol. The van der Waals surface area contributed by atoms with E-state index in [1.807, 2.05) is 36.4 Å². The molecule has 0 saturated carbocycles. The molecular formula is C34H32N2O4. The molecule has 1 heterocycles. The maximum absolute atomic E-state index is 13.3. The molecular weight excluding hydrogens is 500 g/mol. The van der Waals surface area contributed by atoms with Crippen molar-refractivity contribution in [3.8, 4) is 5.75 Å². The lowest BCUT2D eigenvalue weighted by Gasteiger charge is -2.39. The van der Waals surface area contributed by atoms with Crippen molar-refractivity contribution < 1.29 is 19.1 Å². The van der Waals surface area contributed by atoms with E-state index in [0.717, 1.165) is 44.5 Å². The van der Waals surface area contributed by atoms with E-state index in [-0.39, 0.29) is 5.97 Å². The highest BCUT2D eigenvalue weighted by Gasteiger charge is 2.53. The van der Waals surface area contributed by atoms with Crippen LogP contribution in [0.3, 0.4) is 0 Å². The number of esters is 2. The van der Waals surface area contributed by atoms with Crippen molar-refractivity contribution in [3.63, 3.8) is 0 Å². The lowest BCUT2D eigenvalue weighted by molar-refractivity contribution is -0.131. The summed E-state index contributed by atoms with van der Waals surface area (Å²) in [4.78, 5) is 25.4. The van der Waals surface area contributed by atoms with E-state index in [0.29, 0.717) is 43.9 Å². The molecule has 5 rings (SSSR count). The Bertz CT molecular complexity index is 1610. The number of carbonyl (C=O) groups is 2. The molecule has 0 radical (unpaired) electrons. The van der Waals surface area contributed by atoms with E-state index >= 15 is 0 Å². The molecule has 2 N–H and O–H groups in total. The Balaban J connectivity index is 1.78. The first kappa shape index (κ1) is 27.1. The molecule has 0 saturated heterocycles. The zero-order valence-corrected chi connectivity index (χ0v) is 22.9. The third-order valence-corrected chi connectivity index (χ3v) is 7.58. The molecule has 1 spiro atoms. The number of carbonyl (C=O) groups excluding carboxylic acids is 2. The summed E-state index contributed by atoms with van der Waals surface area (Å²) in [7, 11) is 0. The number of aryl methyl sites for hydroxylation is 1. The molecule has 6 heteroatoms. The van der Waals surface area contributed by atoms with E-state index in [1.165, 1.54) is 6.92 Å². The van der Waals surface area contributed by atoms with Gasteiger partial charge in [0.15, 0.2) is 5.60 Å². The highest BCUT2D eigenvalue weighted by atomic mass is 16.6. The maximum atomic E-state index is 13.3. The largest absolute Gasteiger partial charge is 0.441 e. The summed E-state index contributed by atoms with van der Waals surface area (Å²) in [5.74, 6) is -0.265. The van der Waals surface area contributed by atoms with Crippen LogP contribution in [0.2, 0.25) is 0 Å². The summed E-state index contributed by atoms with van der Waals surface area (Å²) in [6, 6.07) is 15.5. The molecule has 0 fully saturated rings. The second-order valence-electron chi connectivity index (χ2n) is 9.92. The molecule has 0 bridgehead atoms. The fourth-order valence-electron chi connectivity index (χ4n) is 5.86. The minimum absolute atomic E-state index is 0.356. The standard InChI is InChI=1S/C34H32N2O4/c1-5-7-17-35-20-27-22(3)13-14-30-25(27)19-26-28(21-36-18-8-6-2)32(39-23(4)37)16-15-31(26)34(30)29-12-10-9-11-24(29)33(38)40-34/h7-16,35-36H,1-2,17-21H2,3-4H3. The molecule has 1 aliphatic heterocycles. The number of hydrogen-bond donors (Lipinski definition) is 2. The third kappa shape index (κ3) is 4.64. The lowest BCUT2D eigenvalue weighted by Crippen LogP contribution is -2.37. The normalized spacial score (nSPS) is 16.2. The van der Waals surface area contributed by atoms with E-state index in [1.54, 1.807) is 12.1 Å². The molecule has 0 amide bonds. The smallest absolute Gasteiger partial charge is 0.340 e. The fraction of sp³-hybridized carbons (Fsp3) is 0.235. The molecule has 1 unspecified atom stereocenters. The summed E-state index contributed by atoms with van der Waals surface area (Å²) < 4.78 is 12.1. The van der Waals surface area contributed by atoms with Crippen molar-refractivity contribution >= 4 is 11.9 Å². The van der Waals surface area contributed by atoms with Crippen molar-refractivity contribution in [2.24, 2.45) is 0 Å². The molecule has 3 aromatic carbocycles. The Labute approximate surface area is 234 Å². The molecule has 40 heavy (non-hydrogen) atoms. The summed E-state index contributed by atoms with van der Waals surface area (Å²) in [6.45, 7) is 13.0. The van der Waals surface area contributed by atoms with Gasteiger partial charge in [-0.15, -0.1) is 11.5 Å². The molecule has 1 atom stereocenters. The van der Waals surface area contributed by atoms with Gasteiger partial charge in [0.2, 0.25) is 0 Å². The number of nitrogens with one attached hydrogen (secondary N) is 2. The van der Waals surface area contributed by atoms with Gasteiger partial charge in [0.1, 0.15) is 5.75 Å². The number of benzene rings is 3. The first-order chi connectivity index (χ1) is 19.4. The molecule has 6 nitrogen and oxygen atoms in total. The molecule has 202 valence electrons. The van der Waals surface area contributed by atoms with Gasteiger partial charge in [-0.25, -0.2) is 4.79 Å². The van der Waals surface area contributed by atoms with Crippen LogP contribution in [0.4, 0.5) is 0 Å². The van der Waals surface area contributed by atoms with Crippen LogP contribution in [-0.2, 0) is 34.6 Å². The molecule has 3 aromatic rings. The maximum Gasteiger partial charge on any atom is 0.340 e. The first-order valence-corrected chi connectivity index (χ1v) is 13.3. The van der Waals surface area contributed by atoms with Gasteiger partial charge >= 0.3 is 11.9 Å². The van der Waals surface area contributed by atoms with Gasteiger partial charge in [-0.1, -0.05) is 49.6 Å². The third-order valence-electron chi connectivity index (χ3n) is 7.58. The van der Waals surface area contributed by atoms with Crippen LogP contribution in [0.1, 0.15) is 61.8 Å². The minimum atomic E-state index is -1.12. The van der Waals surface area contributed by atoms with Crippen LogP contribution in [0, 0.1) is 6.92 Å². The molecule has 2 aliphatic rings. The Morgan fingerprint density at radius 3 is 2.25 bits per heavy atom. The summed E-state index contributed by atoms with van der Waals surface area (Å²) in [5.41, 5.74) is 12.9.